The minimum atomic E-state index is -0.607. The first-order chi connectivity index (χ1) is 23.0. The highest BCUT2D eigenvalue weighted by Crippen LogP contribution is 2.35. The minimum absolute atomic E-state index is 0.0480. The Morgan fingerprint density at radius 2 is 1.94 bits per heavy atom. The fraction of sp³-hybridized carbons (Fsp3) is 0.167. The van der Waals surface area contributed by atoms with Crippen LogP contribution in [0.5, 0.6) is 0 Å². The maximum Gasteiger partial charge on any atom is 0.259 e. The predicted octanol–water partition coefficient (Wildman–Crippen LogP) is 5.49. The average molecular weight is 646 g/mol. The average Bonchev–Trinajstić information content (AvgIpc) is 3.17. The molecule has 0 bridgehead atoms. The molecule has 3 N–H and O–H groups in total. The molecule has 1 unspecified atom stereocenters. The van der Waals surface area contributed by atoms with Crippen molar-refractivity contribution in [2.75, 3.05) is 25.5 Å². The fourth-order valence-electron chi connectivity index (χ4n) is 5.99. The Kier molecular flexibility index (Phi) is 8.61. The van der Waals surface area contributed by atoms with Gasteiger partial charge in [0, 0.05) is 30.1 Å². The van der Waals surface area contributed by atoms with Crippen LogP contribution in [-0.4, -0.2) is 45.7 Å². The van der Waals surface area contributed by atoms with Crippen molar-refractivity contribution in [1.82, 2.24) is 30.2 Å². The van der Waals surface area contributed by atoms with Crippen molar-refractivity contribution in [3.05, 3.63) is 131 Å². The molecule has 4 heterocycles. The number of allylic oxidation sites excluding steroid dienone is 4. The van der Waals surface area contributed by atoms with Gasteiger partial charge in [-0.3, -0.25) is 4.79 Å². The summed E-state index contributed by atoms with van der Waals surface area (Å²) in [5.74, 6) is -0.190. The van der Waals surface area contributed by atoms with Crippen LogP contribution in [0.3, 0.4) is 0 Å². The van der Waals surface area contributed by atoms with Crippen molar-refractivity contribution in [2.45, 2.75) is 19.3 Å². The van der Waals surface area contributed by atoms with Gasteiger partial charge in [-0.15, -0.1) is 9.24 Å². The van der Waals surface area contributed by atoms with Crippen LogP contribution in [0.4, 0.5) is 16.0 Å². The number of anilines is 2. The molecular weight excluding hydrogens is 612 g/mol. The first-order valence-corrected chi connectivity index (χ1v) is 16.0. The number of carbonyl (C=O) groups excluding carboxylic acids is 1. The molecule has 0 saturated carbocycles. The summed E-state index contributed by atoms with van der Waals surface area (Å²) in [6, 6.07) is 18.6. The fourth-order valence-corrected chi connectivity index (χ4v) is 6.37. The molecule has 1 aliphatic carbocycles. The van der Waals surface area contributed by atoms with Crippen molar-refractivity contribution in [3.8, 4) is 11.3 Å². The molecule has 1 aliphatic heterocycles. The summed E-state index contributed by atoms with van der Waals surface area (Å²) in [5.41, 5.74) is 7.68. The van der Waals surface area contributed by atoms with Gasteiger partial charge in [-0.2, -0.15) is 5.10 Å². The van der Waals surface area contributed by atoms with Crippen LogP contribution >= 0.6 is 9.24 Å². The Bertz CT molecular complexity index is 2080. The lowest BCUT2D eigenvalue weighted by Gasteiger charge is -2.13. The van der Waals surface area contributed by atoms with Crippen LogP contribution in [0.25, 0.3) is 22.3 Å². The van der Waals surface area contributed by atoms with E-state index >= 15 is 0 Å². The maximum atomic E-state index is 14.7. The summed E-state index contributed by atoms with van der Waals surface area (Å²) in [5, 5.41) is 15.1. The smallest absolute Gasteiger partial charge is 0.259 e. The summed E-state index contributed by atoms with van der Waals surface area (Å²) < 4.78 is 22.2. The number of fused-ring (bicyclic) bond motifs is 2. The number of aromatic nitrogens is 4. The highest BCUT2D eigenvalue weighted by atomic mass is 31.0. The van der Waals surface area contributed by atoms with Crippen molar-refractivity contribution >= 4 is 43.2 Å². The molecule has 7 rings (SSSR count). The van der Waals surface area contributed by atoms with Crippen LogP contribution in [0.2, 0.25) is 0 Å². The summed E-state index contributed by atoms with van der Waals surface area (Å²) in [4.78, 5) is 22.8. The van der Waals surface area contributed by atoms with E-state index in [-0.39, 0.29) is 5.56 Å². The van der Waals surface area contributed by atoms with Gasteiger partial charge in [0.25, 0.3) is 5.91 Å². The molecule has 9 nitrogen and oxygen atoms in total. The van der Waals surface area contributed by atoms with Crippen molar-refractivity contribution in [3.63, 3.8) is 0 Å². The zero-order valence-electron chi connectivity index (χ0n) is 25.8. The number of carbonyl (C=O) groups is 1. The molecular formula is C36H33FN7O2P. The lowest BCUT2D eigenvalue weighted by molar-refractivity contribution is 0.0961. The van der Waals surface area contributed by atoms with Gasteiger partial charge in [0.05, 0.1) is 35.1 Å². The summed E-state index contributed by atoms with van der Waals surface area (Å²) in [7, 11) is 3.96. The van der Waals surface area contributed by atoms with E-state index in [4.69, 9.17) is 14.8 Å². The number of rotatable bonds is 7. The molecule has 2 aromatic carbocycles. The van der Waals surface area contributed by atoms with Crippen LogP contribution in [0.15, 0.2) is 103 Å². The van der Waals surface area contributed by atoms with Gasteiger partial charge in [-0.05, 0) is 84.8 Å². The van der Waals surface area contributed by atoms with Gasteiger partial charge >= 0.3 is 0 Å². The highest BCUT2D eigenvalue weighted by Gasteiger charge is 2.23. The van der Waals surface area contributed by atoms with Gasteiger partial charge in [0.15, 0.2) is 0 Å². The Hall–Kier alpha value is -5.18. The van der Waals surface area contributed by atoms with Crippen molar-refractivity contribution in [2.24, 2.45) is 0 Å². The summed E-state index contributed by atoms with van der Waals surface area (Å²) >= 11 is 0. The summed E-state index contributed by atoms with van der Waals surface area (Å²) in [6.45, 7) is 1.94. The van der Waals surface area contributed by atoms with Gasteiger partial charge in [0.1, 0.15) is 17.3 Å². The third-order valence-corrected chi connectivity index (χ3v) is 8.78. The van der Waals surface area contributed by atoms with Crippen LogP contribution < -0.4 is 21.3 Å². The second-order valence-corrected chi connectivity index (χ2v) is 11.9. The topological polar surface area (TPSA) is 105 Å². The maximum absolute atomic E-state index is 14.7. The van der Waals surface area contributed by atoms with E-state index in [1.807, 2.05) is 42.6 Å². The number of ether oxygens (including phenoxy) is 1. The van der Waals surface area contributed by atoms with Gasteiger partial charge < -0.3 is 20.7 Å². The third-order valence-electron chi connectivity index (χ3n) is 8.30. The molecule has 236 valence electrons. The van der Waals surface area contributed by atoms with E-state index in [1.54, 1.807) is 36.0 Å². The highest BCUT2D eigenvalue weighted by molar-refractivity contribution is 7.27. The van der Waals surface area contributed by atoms with Crippen LogP contribution in [0, 0.1) is 5.82 Å². The molecule has 0 spiro atoms. The monoisotopic (exact) mass is 645 g/mol. The first kappa shape index (κ1) is 30.5. The molecule has 1 amide bonds. The number of nitrogens with one attached hydrogen (secondary N) is 3. The number of hydrogen-bond donors (Lipinski definition) is 3. The van der Waals surface area contributed by atoms with E-state index in [9.17, 15) is 9.18 Å². The quantitative estimate of drug-likeness (QED) is 0.201. The lowest BCUT2D eigenvalue weighted by atomic mass is 10.0. The van der Waals surface area contributed by atoms with Crippen LogP contribution in [-0.2, 0) is 17.6 Å². The number of methoxy groups -OCH3 is 1. The van der Waals surface area contributed by atoms with Crippen molar-refractivity contribution in [1.29, 1.82) is 0 Å². The molecule has 2 aliphatic rings. The van der Waals surface area contributed by atoms with E-state index in [0.29, 0.717) is 40.5 Å². The first-order valence-electron chi connectivity index (χ1n) is 15.4. The van der Waals surface area contributed by atoms with E-state index in [0.717, 1.165) is 48.3 Å². The van der Waals surface area contributed by atoms with Gasteiger partial charge in [-0.25, -0.2) is 18.9 Å². The predicted molar refractivity (Wildman–Crippen MR) is 185 cm³/mol. The Balaban J connectivity index is 1.27. The largest absolute Gasteiger partial charge is 0.499 e. The molecule has 1 atom stereocenters. The normalized spacial score (nSPS) is 14.7. The molecule has 5 aromatic rings. The molecule has 3 aromatic heterocycles. The summed E-state index contributed by atoms with van der Waals surface area (Å²) in [6.07, 6.45) is 11.7. The molecule has 11 heteroatoms. The van der Waals surface area contributed by atoms with E-state index < -0.39 is 11.7 Å². The number of hydrogen-bond acceptors (Lipinski definition) is 7. The number of pyridine rings is 1. The van der Waals surface area contributed by atoms with Gasteiger partial charge in [-0.1, -0.05) is 36.4 Å². The molecule has 47 heavy (non-hydrogen) atoms. The van der Waals surface area contributed by atoms with Gasteiger partial charge in [0.2, 0.25) is 5.95 Å². The van der Waals surface area contributed by atoms with E-state index in [2.05, 4.69) is 48.4 Å². The second kappa shape index (κ2) is 13.3. The Morgan fingerprint density at radius 1 is 1.06 bits per heavy atom. The third kappa shape index (κ3) is 6.30. The Morgan fingerprint density at radius 3 is 2.79 bits per heavy atom. The Labute approximate surface area is 273 Å². The van der Waals surface area contributed by atoms with Crippen molar-refractivity contribution < 1.29 is 13.9 Å². The zero-order valence-corrected chi connectivity index (χ0v) is 26.9. The molecule has 0 saturated heterocycles. The number of nitrogens with zero attached hydrogens (tertiary/aromatic N) is 4. The second-order valence-electron chi connectivity index (χ2n) is 11.3. The SMILES string of the molecule is COC1=C(NC(=O)c2c(F)cccc2P)C=C(c2nn3ccccc3c2-c2ccnc(Nc3ccc4c(c3)CCNCC4)n2)C=CC1. The number of halogens is 1. The number of amides is 1. The number of benzene rings is 2. The van der Waals surface area contributed by atoms with Crippen LogP contribution in [0.1, 0.15) is 33.6 Å². The molecule has 0 fully saturated rings. The standard InChI is InChI=1S/C36H33FN7O2P/c1-46-30-9-4-6-24(21-28(30)41-35(45)32-26(37)7-5-10-31(32)47)34-33(29-8-2-3-19-44(29)43-34)27-15-18-39-36(42-27)40-25-12-11-22-13-16-38-17-14-23(22)20-25/h2-8,10-12,15,18-21,38H,9,13-14,16-17,47H2,1H3,(H,41,45)(H,39,40,42). The van der Waals surface area contributed by atoms with E-state index in [1.165, 1.54) is 17.2 Å². The zero-order chi connectivity index (χ0) is 32.3. The minimum Gasteiger partial charge on any atom is -0.499 e. The lowest BCUT2D eigenvalue weighted by Crippen LogP contribution is -2.28. The molecule has 0 radical (unpaired) electrons.